The Hall–Kier alpha value is -0.640. The van der Waals surface area contributed by atoms with Crippen LogP contribution in [-0.2, 0) is 19.4 Å². The minimum absolute atomic E-state index is 0. The zero-order chi connectivity index (χ0) is 17.6. The second-order valence-electron chi connectivity index (χ2n) is 6.62. The highest BCUT2D eigenvalue weighted by atomic mass is 127. The van der Waals surface area contributed by atoms with E-state index in [2.05, 4.69) is 63.0 Å². The smallest absolute Gasteiger partial charge is 0.193 e. The monoisotopic (exact) mass is 504 g/mol. The van der Waals surface area contributed by atoms with Gasteiger partial charge in [0.1, 0.15) is 0 Å². The third-order valence-corrected chi connectivity index (χ3v) is 6.82. The molecule has 7 heteroatoms. The van der Waals surface area contributed by atoms with E-state index < -0.39 is 0 Å². The summed E-state index contributed by atoms with van der Waals surface area (Å²) in [7, 11) is 3.99. The van der Waals surface area contributed by atoms with Crippen LogP contribution in [-0.4, -0.2) is 55.5 Å². The van der Waals surface area contributed by atoms with Crippen molar-refractivity contribution in [3.8, 4) is 0 Å². The third kappa shape index (κ3) is 5.68. The molecule has 2 aromatic heterocycles. The summed E-state index contributed by atoms with van der Waals surface area (Å²) in [5, 5.41) is 7.92. The normalized spacial score (nSPS) is 15.9. The maximum atomic E-state index is 4.45. The van der Waals surface area contributed by atoms with Gasteiger partial charge in [0.05, 0.1) is 0 Å². The average molecular weight is 505 g/mol. The molecule has 0 saturated carbocycles. The Morgan fingerprint density at radius 2 is 2.19 bits per heavy atom. The van der Waals surface area contributed by atoms with Gasteiger partial charge in [-0.05, 0) is 48.2 Å². The first-order valence-corrected chi connectivity index (χ1v) is 10.7. The number of thiophene rings is 2. The summed E-state index contributed by atoms with van der Waals surface area (Å²) < 4.78 is 0. The van der Waals surface area contributed by atoms with Gasteiger partial charge in [-0.25, -0.2) is 0 Å². The maximum Gasteiger partial charge on any atom is 0.193 e. The highest BCUT2D eigenvalue weighted by Crippen LogP contribution is 2.24. The number of guanidine groups is 1. The molecule has 1 unspecified atom stereocenters. The molecule has 1 atom stereocenters. The van der Waals surface area contributed by atoms with Crippen molar-refractivity contribution in [2.45, 2.75) is 32.4 Å². The van der Waals surface area contributed by atoms with Crippen LogP contribution in [0.25, 0.3) is 0 Å². The number of likely N-dealkylation sites (N-methyl/N-ethyl adjacent to an activating group) is 1. The van der Waals surface area contributed by atoms with Crippen LogP contribution in [0.4, 0.5) is 0 Å². The zero-order valence-electron chi connectivity index (χ0n) is 15.8. The Morgan fingerprint density at radius 1 is 1.35 bits per heavy atom. The molecule has 2 aromatic rings. The van der Waals surface area contributed by atoms with Crippen LogP contribution in [0.15, 0.2) is 34.0 Å². The Bertz CT molecular complexity index is 684. The predicted molar refractivity (Wildman–Crippen MR) is 125 cm³/mol. The lowest BCUT2D eigenvalue weighted by Gasteiger charge is -2.33. The number of hydrogen-bond acceptors (Lipinski definition) is 4. The van der Waals surface area contributed by atoms with Gasteiger partial charge in [-0.3, -0.25) is 9.89 Å². The number of nitrogens with one attached hydrogen (secondary N) is 1. The van der Waals surface area contributed by atoms with E-state index in [-0.39, 0.29) is 24.0 Å². The molecular weight excluding hydrogens is 475 g/mol. The lowest BCUT2D eigenvalue weighted by molar-refractivity contribution is 0.192. The summed E-state index contributed by atoms with van der Waals surface area (Å²) >= 11 is 3.73. The molecule has 0 fully saturated rings. The van der Waals surface area contributed by atoms with E-state index in [0.717, 1.165) is 38.6 Å². The van der Waals surface area contributed by atoms with Gasteiger partial charge in [0.25, 0.3) is 0 Å². The van der Waals surface area contributed by atoms with Gasteiger partial charge < -0.3 is 10.2 Å². The SMILES string of the molecule is CN=C(NCC(C)N1CCc2sccc2C1)N(C)CCc1cccs1.I. The van der Waals surface area contributed by atoms with Gasteiger partial charge in [0.2, 0.25) is 0 Å². The number of nitrogens with zero attached hydrogens (tertiary/aromatic N) is 3. The van der Waals surface area contributed by atoms with Crippen LogP contribution < -0.4 is 5.32 Å². The minimum Gasteiger partial charge on any atom is -0.355 e. The standard InChI is InChI=1S/C19H28N4S2.HI/c1-15(23-10-7-18-16(14-23)8-12-25-18)13-21-19(20-2)22(3)9-6-17-5-4-11-24-17;/h4-5,8,11-12,15H,6-7,9-10,13-14H2,1-3H3,(H,20,21);1H. The van der Waals surface area contributed by atoms with Crippen LogP contribution in [0.5, 0.6) is 0 Å². The fraction of sp³-hybridized carbons (Fsp3) is 0.526. The first kappa shape index (κ1) is 21.7. The third-order valence-electron chi connectivity index (χ3n) is 4.86. The fourth-order valence-electron chi connectivity index (χ4n) is 3.24. The van der Waals surface area contributed by atoms with Crippen molar-refractivity contribution in [2.75, 3.05) is 33.7 Å². The van der Waals surface area contributed by atoms with Crippen molar-refractivity contribution in [1.82, 2.24) is 15.1 Å². The number of fused-ring (bicyclic) bond motifs is 1. The molecule has 0 bridgehead atoms. The summed E-state index contributed by atoms with van der Waals surface area (Å²) in [6, 6.07) is 7.09. The molecule has 144 valence electrons. The van der Waals surface area contributed by atoms with Crippen molar-refractivity contribution in [3.63, 3.8) is 0 Å². The van der Waals surface area contributed by atoms with E-state index >= 15 is 0 Å². The molecule has 26 heavy (non-hydrogen) atoms. The molecule has 0 saturated heterocycles. The highest BCUT2D eigenvalue weighted by Gasteiger charge is 2.21. The van der Waals surface area contributed by atoms with E-state index in [9.17, 15) is 0 Å². The Labute approximate surface area is 182 Å². The van der Waals surface area contributed by atoms with Crippen molar-refractivity contribution in [1.29, 1.82) is 0 Å². The van der Waals surface area contributed by atoms with Gasteiger partial charge in [0.15, 0.2) is 5.96 Å². The lowest BCUT2D eigenvalue weighted by Crippen LogP contribution is -2.47. The van der Waals surface area contributed by atoms with Gasteiger partial charge in [-0.15, -0.1) is 46.7 Å². The number of rotatable bonds is 6. The van der Waals surface area contributed by atoms with Crippen molar-refractivity contribution in [2.24, 2.45) is 4.99 Å². The first-order chi connectivity index (χ1) is 12.2. The molecule has 0 amide bonds. The summed E-state index contributed by atoms with van der Waals surface area (Å²) in [4.78, 5) is 12.2. The lowest BCUT2D eigenvalue weighted by atomic mass is 10.1. The molecule has 1 aliphatic rings. The van der Waals surface area contributed by atoms with E-state index in [1.54, 1.807) is 4.88 Å². The summed E-state index contributed by atoms with van der Waals surface area (Å²) in [5.74, 6) is 0.983. The molecular formula is C19H29IN4S2. The van der Waals surface area contributed by atoms with E-state index in [4.69, 9.17) is 0 Å². The molecule has 1 aliphatic heterocycles. The van der Waals surface area contributed by atoms with Crippen molar-refractivity contribution in [3.05, 3.63) is 44.3 Å². The molecule has 0 spiro atoms. The second kappa shape index (κ2) is 10.6. The fourth-order valence-corrected chi connectivity index (χ4v) is 4.83. The number of aliphatic imine (C=N–C) groups is 1. The van der Waals surface area contributed by atoms with Crippen LogP contribution in [0.3, 0.4) is 0 Å². The van der Waals surface area contributed by atoms with E-state index in [0.29, 0.717) is 6.04 Å². The van der Waals surface area contributed by atoms with Crippen molar-refractivity contribution >= 4 is 52.6 Å². The predicted octanol–water partition coefficient (Wildman–Crippen LogP) is 3.92. The molecule has 0 aromatic carbocycles. The summed E-state index contributed by atoms with van der Waals surface area (Å²) in [6.45, 7) is 6.45. The zero-order valence-corrected chi connectivity index (χ0v) is 19.7. The van der Waals surface area contributed by atoms with Crippen LogP contribution >= 0.6 is 46.7 Å². The van der Waals surface area contributed by atoms with Gasteiger partial charge in [0, 0.05) is 56.1 Å². The molecule has 3 rings (SSSR count). The van der Waals surface area contributed by atoms with Gasteiger partial charge in [-0.2, -0.15) is 0 Å². The van der Waals surface area contributed by atoms with Crippen LogP contribution in [0.2, 0.25) is 0 Å². The molecule has 0 aliphatic carbocycles. The van der Waals surface area contributed by atoms with Crippen molar-refractivity contribution < 1.29 is 0 Å². The summed E-state index contributed by atoms with van der Waals surface area (Å²) in [5.41, 5.74) is 1.51. The average Bonchev–Trinajstić information content (AvgIpc) is 3.30. The van der Waals surface area contributed by atoms with E-state index in [1.807, 2.05) is 29.7 Å². The second-order valence-corrected chi connectivity index (χ2v) is 8.65. The number of halogens is 1. The van der Waals surface area contributed by atoms with Gasteiger partial charge in [-0.1, -0.05) is 6.07 Å². The molecule has 4 nitrogen and oxygen atoms in total. The topological polar surface area (TPSA) is 30.9 Å². The Kier molecular flexibility index (Phi) is 8.86. The largest absolute Gasteiger partial charge is 0.355 e. The maximum absolute atomic E-state index is 4.45. The minimum atomic E-state index is 0. The van der Waals surface area contributed by atoms with Gasteiger partial charge >= 0.3 is 0 Å². The Balaban J connectivity index is 0.00000243. The first-order valence-electron chi connectivity index (χ1n) is 8.91. The molecule has 3 heterocycles. The number of hydrogen-bond donors (Lipinski definition) is 1. The molecule has 0 radical (unpaired) electrons. The highest BCUT2D eigenvalue weighted by molar-refractivity contribution is 14.0. The Morgan fingerprint density at radius 3 is 2.92 bits per heavy atom. The summed E-state index contributed by atoms with van der Waals surface area (Å²) in [6.07, 6.45) is 2.25. The quantitative estimate of drug-likeness (QED) is 0.368. The van der Waals surface area contributed by atoms with Crippen LogP contribution in [0, 0.1) is 0 Å². The van der Waals surface area contributed by atoms with Crippen LogP contribution in [0.1, 0.15) is 22.2 Å². The van der Waals surface area contributed by atoms with E-state index in [1.165, 1.54) is 16.9 Å². The molecule has 1 N–H and O–H groups in total.